The number of rotatable bonds is 14. The third kappa shape index (κ3) is 9.87. The summed E-state index contributed by atoms with van der Waals surface area (Å²) >= 11 is 0. The van der Waals surface area contributed by atoms with Crippen LogP contribution in [0.3, 0.4) is 0 Å². The van der Waals surface area contributed by atoms with Crippen LogP contribution in [0.25, 0.3) is 0 Å². The van der Waals surface area contributed by atoms with Crippen LogP contribution in [0.4, 0.5) is 4.79 Å². The van der Waals surface area contributed by atoms with E-state index in [0.717, 1.165) is 11.1 Å². The first-order chi connectivity index (χ1) is 17.4. The summed E-state index contributed by atoms with van der Waals surface area (Å²) in [4.78, 5) is 13.0. The second-order valence-electron chi connectivity index (χ2n) is 10.0. The minimum atomic E-state index is -3.61. The van der Waals surface area contributed by atoms with E-state index in [-0.39, 0.29) is 31.4 Å². The fourth-order valence-corrected chi connectivity index (χ4v) is 5.15. The molecule has 0 bridgehead atoms. The highest BCUT2D eigenvalue weighted by Gasteiger charge is 2.26. The molecule has 0 aromatic heterocycles. The predicted molar refractivity (Wildman–Crippen MR) is 146 cm³/mol. The van der Waals surface area contributed by atoms with Crippen molar-refractivity contribution in [2.24, 2.45) is 0 Å². The van der Waals surface area contributed by atoms with Crippen molar-refractivity contribution in [1.82, 2.24) is 14.5 Å². The monoisotopic (exact) mass is 535 g/mol. The molecule has 10 heteroatoms. The third-order valence-electron chi connectivity index (χ3n) is 6.11. The molecule has 2 aromatic rings. The highest BCUT2D eigenvalue weighted by molar-refractivity contribution is 7.89. The summed E-state index contributed by atoms with van der Waals surface area (Å²) < 4.78 is 38.7. The van der Waals surface area contributed by atoms with E-state index in [4.69, 9.17) is 9.47 Å². The molecule has 1 unspecified atom stereocenters. The molecule has 0 saturated heterocycles. The molecule has 0 aliphatic heterocycles. The first-order valence-electron chi connectivity index (χ1n) is 12.3. The van der Waals surface area contributed by atoms with Crippen LogP contribution in [-0.4, -0.2) is 73.5 Å². The molecular weight excluding hydrogens is 494 g/mol. The van der Waals surface area contributed by atoms with Gasteiger partial charge in [-0.15, -0.1) is 0 Å². The number of hydrogen-bond donors (Lipinski definition) is 2. The van der Waals surface area contributed by atoms with Gasteiger partial charge in [0, 0.05) is 37.8 Å². The number of benzene rings is 2. The van der Waals surface area contributed by atoms with Gasteiger partial charge in [0.15, 0.2) is 0 Å². The van der Waals surface area contributed by atoms with Crippen LogP contribution < -0.4 is 14.8 Å². The lowest BCUT2D eigenvalue weighted by Gasteiger charge is -2.34. The molecule has 0 heterocycles. The largest absolute Gasteiger partial charge is 0.497 e. The molecule has 206 valence electrons. The third-order valence-corrected chi connectivity index (χ3v) is 7.87. The number of carboxylic acid groups (broad SMARTS) is 1. The Morgan fingerprint density at radius 3 is 1.78 bits per heavy atom. The lowest BCUT2D eigenvalue weighted by Crippen LogP contribution is -2.47. The quantitative estimate of drug-likeness (QED) is 0.374. The number of amides is 1. The van der Waals surface area contributed by atoms with E-state index in [0.29, 0.717) is 24.5 Å². The molecule has 0 aliphatic carbocycles. The summed E-state index contributed by atoms with van der Waals surface area (Å²) in [6.45, 7) is 8.57. The van der Waals surface area contributed by atoms with Crippen LogP contribution in [-0.2, 0) is 23.1 Å². The van der Waals surface area contributed by atoms with Gasteiger partial charge in [0.05, 0.1) is 20.0 Å². The normalized spacial score (nSPS) is 12.8. The van der Waals surface area contributed by atoms with Gasteiger partial charge in [-0.25, -0.2) is 13.2 Å². The van der Waals surface area contributed by atoms with Crippen LogP contribution in [0.15, 0.2) is 48.5 Å². The van der Waals surface area contributed by atoms with Gasteiger partial charge >= 0.3 is 6.09 Å². The maximum atomic E-state index is 13.4. The van der Waals surface area contributed by atoms with Gasteiger partial charge in [0.25, 0.3) is 0 Å². The second-order valence-corrected chi connectivity index (χ2v) is 12.1. The van der Waals surface area contributed by atoms with E-state index >= 15 is 0 Å². The average Bonchev–Trinajstić information content (AvgIpc) is 2.83. The van der Waals surface area contributed by atoms with Crippen LogP contribution in [0.5, 0.6) is 11.5 Å². The summed E-state index contributed by atoms with van der Waals surface area (Å²) in [5.41, 5.74) is 1.21. The molecule has 2 aromatic carbocycles. The zero-order valence-electron chi connectivity index (χ0n) is 22.7. The van der Waals surface area contributed by atoms with Gasteiger partial charge in [-0.1, -0.05) is 24.3 Å². The molecule has 1 atom stereocenters. The minimum Gasteiger partial charge on any atom is -0.497 e. The lowest BCUT2D eigenvalue weighted by atomic mass is 10.1. The second kappa shape index (κ2) is 13.6. The van der Waals surface area contributed by atoms with Crippen molar-refractivity contribution in [1.29, 1.82) is 0 Å². The molecule has 37 heavy (non-hydrogen) atoms. The highest BCUT2D eigenvalue weighted by atomic mass is 32.2. The Balaban J connectivity index is 2.05. The summed E-state index contributed by atoms with van der Waals surface area (Å²) in [6, 6.07) is 14.7. The number of nitrogens with zero attached hydrogens (tertiary/aromatic N) is 2. The zero-order chi connectivity index (χ0) is 27.6. The molecule has 9 nitrogen and oxygen atoms in total. The van der Waals surface area contributed by atoms with Crippen molar-refractivity contribution in [3.05, 3.63) is 59.7 Å². The Hall–Kier alpha value is -2.82. The van der Waals surface area contributed by atoms with E-state index in [9.17, 15) is 18.3 Å². The number of hydrogen-bond acceptors (Lipinski definition) is 6. The van der Waals surface area contributed by atoms with Gasteiger partial charge in [-0.3, -0.25) is 0 Å². The van der Waals surface area contributed by atoms with Crippen molar-refractivity contribution in [3.63, 3.8) is 0 Å². The summed E-state index contributed by atoms with van der Waals surface area (Å²) in [5, 5.41) is 12.7. The average molecular weight is 536 g/mol. The molecule has 0 spiro atoms. The van der Waals surface area contributed by atoms with E-state index in [1.807, 2.05) is 76.2 Å². The van der Waals surface area contributed by atoms with E-state index in [1.54, 1.807) is 14.2 Å². The molecule has 0 aliphatic rings. The number of carbonyl (C=O) groups is 1. The molecule has 0 fully saturated rings. The minimum absolute atomic E-state index is 0.0453. The first-order valence-corrected chi connectivity index (χ1v) is 13.9. The van der Waals surface area contributed by atoms with Gasteiger partial charge < -0.3 is 24.8 Å². The summed E-state index contributed by atoms with van der Waals surface area (Å²) in [7, 11) is -0.432. The van der Waals surface area contributed by atoms with Crippen molar-refractivity contribution >= 4 is 16.1 Å². The number of ether oxygens (including phenoxy) is 2. The molecule has 0 saturated carbocycles. The molecular formula is C27H41N3O6S. The SMILES string of the molecule is COc1ccc(CN(Cc2ccc(OC)cc2)S(=O)(=O)CCNC(C)CCN(C(=O)O)C(C)(C)C)cc1. The van der Waals surface area contributed by atoms with E-state index in [2.05, 4.69) is 5.32 Å². The standard InChI is InChI=1S/C27H41N3O6S/c1-21(15-17-30(26(31)32)27(2,3)4)28-16-18-37(33,34)29(19-22-7-11-24(35-5)12-8-22)20-23-9-13-25(36-6)14-10-23/h7-14,21,28H,15-20H2,1-6H3,(H,31,32). The Morgan fingerprint density at radius 2 is 1.41 bits per heavy atom. The topological polar surface area (TPSA) is 108 Å². The zero-order valence-corrected chi connectivity index (χ0v) is 23.5. The van der Waals surface area contributed by atoms with Gasteiger partial charge in [-0.05, 0) is 69.5 Å². The highest BCUT2D eigenvalue weighted by Crippen LogP contribution is 2.19. The van der Waals surface area contributed by atoms with E-state index < -0.39 is 21.7 Å². The Kier molecular flexibility index (Phi) is 11.2. The number of methoxy groups -OCH3 is 2. The fraction of sp³-hybridized carbons (Fsp3) is 0.519. The van der Waals surface area contributed by atoms with Crippen LogP contribution in [0, 0.1) is 0 Å². The van der Waals surface area contributed by atoms with Gasteiger partial charge in [-0.2, -0.15) is 4.31 Å². The molecule has 0 radical (unpaired) electrons. The maximum absolute atomic E-state index is 13.4. The van der Waals surface area contributed by atoms with Crippen molar-refractivity contribution < 1.29 is 27.8 Å². The molecule has 2 rings (SSSR count). The lowest BCUT2D eigenvalue weighted by molar-refractivity contribution is 0.0978. The van der Waals surface area contributed by atoms with Crippen molar-refractivity contribution in [3.8, 4) is 11.5 Å². The van der Waals surface area contributed by atoms with E-state index in [1.165, 1.54) is 9.21 Å². The Bertz CT molecular complexity index is 1030. The van der Waals surface area contributed by atoms with Crippen LogP contribution >= 0.6 is 0 Å². The Labute approximate surface area is 221 Å². The first kappa shape index (κ1) is 30.4. The van der Waals surface area contributed by atoms with Crippen LogP contribution in [0.2, 0.25) is 0 Å². The fourth-order valence-electron chi connectivity index (χ4n) is 3.83. The Morgan fingerprint density at radius 1 is 0.946 bits per heavy atom. The summed E-state index contributed by atoms with van der Waals surface area (Å²) in [6.07, 6.45) is -0.389. The van der Waals surface area contributed by atoms with Crippen molar-refractivity contribution in [2.75, 3.05) is 33.1 Å². The summed E-state index contributed by atoms with van der Waals surface area (Å²) in [5.74, 6) is 1.34. The van der Waals surface area contributed by atoms with Crippen molar-refractivity contribution in [2.45, 2.75) is 58.8 Å². The number of nitrogens with one attached hydrogen (secondary N) is 1. The van der Waals surface area contributed by atoms with Gasteiger partial charge in [0.1, 0.15) is 11.5 Å². The maximum Gasteiger partial charge on any atom is 0.407 e. The smallest absolute Gasteiger partial charge is 0.407 e. The molecule has 1 amide bonds. The van der Waals surface area contributed by atoms with Gasteiger partial charge in [0.2, 0.25) is 10.0 Å². The molecule has 2 N–H and O–H groups in total. The predicted octanol–water partition coefficient (Wildman–Crippen LogP) is 4.18. The van der Waals surface area contributed by atoms with Crippen LogP contribution in [0.1, 0.15) is 45.2 Å². The number of sulfonamides is 1.